The summed E-state index contributed by atoms with van der Waals surface area (Å²) in [6, 6.07) is 8.87. The summed E-state index contributed by atoms with van der Waals surface area (Å²) in [5.41, 5.74) is 2.68. The quantitative estimate of drug-likeness (QED) is 0.483. The normalized spacial score (nSPS) is 18.8. The van der Waals surface area contributed by atoms with Crippen LogP contribution in [-0.2, 0) is 9.59 Å². The van der Waals surface area contributed by atoms with Crippen LogP contribution in [0.4, 0.5) is 4.79 Å². The molecule has 1 aliphatic heterocycles. The number of aromatic nitrogens is 2. The van der Waals surface area contributed by atoms with E-state index < -0.39 is 17.8 Å². The Kier molecular flexibility index (Phi) is 5.37. The van der Waals surface area contributed by atoms with E-state index in [1.807, 2.05) is 30.3 Å². The molecule has 1 N–H and O–H groups in total. The number of urea groups is 1. The third-order valence-corrected chi connectivity index (χ3v) is 5.16. The van der Waals surface area contributed by atoms with Gasteiger partial charge in [-0.15, -0.1) is 0 Å². The van der Waals surface area contributed by atoms with Crippen LogP contribution >= 0.6 is 0 Å². The zero-order valence-electron chi connectivity index (χ0n) is 16.0. The SMILES string of the molecule is O=C1NC(=O)N(CCC2=CCCCC2)C(=O)/C1=C/c1cnn(-c2ccccc2)c1. The lowest BCUT2D eigenvalue weighted by atomic mass is 9.97. The molecule has 2 aromatic rings. The number of imide groups is 2. The predicted octanol–water partition coefficient (Wildman–Crippen LogP) is 3.22. The second-order valence-corrected chi connectivity index (χ2v) is 7.19. The molecule has 1 aromatic heterocycles. The highest BCUT2D eigenvalue weighted by atomic mass is 16.2. The maximum atomic E-state index is 12.8. The van der Waals surface area contributed by atoms with Crippen LogP contribution in [0.25, 0.3) is 11.8 Å². The second-order valence-electron chi connectivity index (χ2n) is 7.19. The largest absolute Gasteiger partial charge is 0.331 e. The number of hydrogen-bond acceptors (Lipinski definition) is 4. The van der Waals surface area contributed by atoms with E-state index in [0.29, 0.717) is 12.0 Å². The summed E-state index contributed by atoms with van der Waals surface area (Å²) in [7, 11) is 0. The van der Waals surface area contributed by atoms with Crippen molar-refractivity contribution in [1.29, 1.82) is 0 Å². The number of benzene rings is 1. The van der Waals surface area contributed by atoms with Gasteiger partial charge in [0.05, 0.1) is 11.9 Å². The summed E-state index contributed by atoms with van der Waals surface area (Å²) in [6.45, 7) is 0.268. The van der Waals surface area contributed by atoms with E-state index in [1.54, 1.807) is 17.1 Å². The van der Waals surface area contributed by atoms with Crippen molar-refractivity contribution in [1.82, 2.24) is 20.0 Å². The average Bonchev–Trinajstić information content (AvgIpc) is 3.21. The molecule has 0 atom stereocenters. The van der Waals surface area contributed by atoms with E-state index in [1.165, 1.54) is 18.1 Å². The maximum absolute atomic E-state index is 12.8. The minimum atomic E-state index is -0.680. The molecule has 0 radical (unpaired) electrons. The second kappa shape index (κ2) is 8.26. The van der Waals surface area contributed by atoms with Gasteiger partial charge in [0, 0.05) is 18.3 Å². The molecule has 0 bridgehead atoms. The molecule has 29 heavy (non-hydrogen) atoms. The molecule has 1 aromatic carbocycles. The minimum Gasteiger partial charge on any atom is -0.273 e. The Morgan fingerprint density at radius 2 is 1.93 bits per heavy atom. The summed E-state index contributed by atoms with van der Waals surface area (Å²) >= 11 is 0. The molecule has 0 spiro atoms. The molecular weight excluding hydrogens is 368 g/mol. The van der Waals surface area contributed by atoms with Gasteiger partial charge in [-0.25, -0.2) is 9.48 Å². The summed E-state index contributed by atoms with van der Waals surface area (Å²) in [5.74, 6) is -1.25. The Balaban J connectivity index is 1.52. The number of carbonyl (C=O) groups is 3. The van der Waals surface area contributed by atoms with Crippen molar-refractivity contribution in [3.8, 4) is 5.69 Å². The van der Waals surface area contributed by atoms with Crippen LogP contribution in [0.1, 0.15) is 37.7 Å². The number of nitrogens with zero attached hydrogens (tertiary/aromatic N) is 3. The number of carbonyl (C=O) groups excluding carboxylic acids is 3. The Morgan fingerprint density at radius 1 is 1.10 bits per heavy atom. The summed E-state index contributed by atoms with van der Waals surface area (Å²) in [6.07, 6.45) is 12.0. The maximum Gasteiger partial charge on any atom is 0.331 e. The van der Waals surface area contributed by atoms with Gasteiger partial charge >= 0.3 is 6.03 Å². The fourth-order valence-corrected chi connectivity index (χ4v) is 3.58. The van der Waals surface area contributed by atoms with Gasteiger partial charge in [0.15, 0.2) is 0 Å². The average molecular weight is 390 g/mol. The van der Waals surface area contributed by atoms with Gasteiger partial charge in [0.25, 0.3) is 11.8 Å². The van der Waals surface area contributed by atoms with Crippen LogP contribution in [-0.4, -0.2) is 39.1 Å². The van der Waals surface area contributed by atoms with Crippen LogP contribution in [0.5, 0.6) is 0 Å². The Labute approximate surface area is 168 Å². The van der Waals surface area contributed by atoms with Gasteiger partial charge in [-0.2, -0.15) is 5.10 Å². The van der Waals surface area contributed by atoms with Crippen LogP contribution in [0, 0.1) is 0 Å². The smallest absolute Gasteiger partial charge is 0.273 e. The zero-order chi connectivity index (χ0) is 20.2. The topological polar surface area (TPSA) is 84.3 Å². The molecule has 1 fully saturated rings. The number of barbiturate groups is 1. The lowest BCUT2D eigenvalue weighted by molar-refractivity contribution is -0.130. The summed E-state index contributed by atoms with van der Waals surface area (Å²) in [4.78, 5) is 38.4. The van der Waals surface area contributed by atoms with E-state index in [-0.39, 0.29) is 12.1 Å². The molecule has 2 heterocycles. The number of amides is 4. The Hall–Kier alpha value is -3.48. The molecule has 4 rings (SSSR count). The highest BCUT2D eigenvalue weighted by Crippen LogP contribution is 2.22. The van der Waals surface area contributed by atoms with Gasteiger partial charge in [-0.05, 0) is 50.3 Å². The van der Waals surface area contributed by atoms with Crippen molar-refractivity contribution < 1.29 is 14.4 Å². The van der Waals surface area contributed by atoms with E-state index in [2.05, 4.69) is 16.5 Å². The van der Waals surface area contributed by atoms with Gasteiger partial charge in [0.1, 0.15) is 5.57 Å². The van der Waals surface area contributed by atoms with Gasteiger partial charge in [-0.1, -0.05) is 29.8 Å². The number of nitrogens with one attached hydrogen (secondary N) is 1. The van der Waals surface area contributed by atoms with Gasteiger partial charge < -0.3 is 0 Å². The van der Waals surface area contributed by atoms with Crippen LogP contribution < -0.4 is 5.32 Å². The molecule has 0 saturated carbocycles. The number of rotatable bonds is 5. The number of allylic oxidation sites excluding steroid dienone is 1. The fourth-order valence-electron chi connectivity index (χ4n) is 3.58. The van der Waals surface area contributed by atoms with E-state index >= 15 is 0 Å². The molecular formula is C22H22N4O3. The molecule has 7 nitrogen and oxygen atoms in total. The summed E-state index contributed by atoms with van der Waals surface area (Å²) < 4.78 is 1.66. The van der Waals surface area contributed by atoms with Crippen LogP contribution in [0.15, 0.2) is 59.9 Å². The van der Waals surface area contributed by atoms with Crippen LogP contribution in [0.2, 0.25) is 0 Å². The number of para-hydroxylation sites is 1. The van der Waals surface area contributed by atoms with Crippen LogP contribution in [0.3, 0.4) is 0 Å². The standard InChI is InChI=1S/C22H22N4O3/c27-20-19(13-17-14-23-26(15-17)18-9-5-2-6-10-18)21(28)25(22(29)24-20)12-11-16-7-3-1-4-8-16/h2,5-7,9-10,13-15H,1,3-4,8,11-12H2,(H,24,27,29)/b19-13+. The minimum absolute atomic E-state index is 0.0603. The van der Waals surface area contributed by atoms with Gasteiger partial charge in [-0.3, -0.25) is 19.8 Å². The fraction of sp³-hybridized carbons (Fsp3) is 0.273. The van der Waals surface area contributed by atoms with Crippen molar-refractivity contribution in [2.24, 2.45) is 0 Å². The van der Waals surface area contributed by atoms with Crippen molar-refractivity contribution in [3.05, 3.63) is 65.5 Å². The first-order valence-electron chi connectivity index (χ1n) is 9.79. The zero-order valence-corrected chi connectivity index (χ0v) is 16.0. The third kappa shape index (κ3) is 4.18. The lowest BCUT2D eigenvalue weighted by Crippen LogP contribution is -2.54. The van der Waals surface area contributed by atoms with E-state index in [4.69, 9.17) is 0 Å². The molecule has 2 aliphatic rings. The first-order valence-corrected chi connectivity index (χ1v) is 9.79. The lowest BCUT2D eigenvalue weighted by Gasteiger charge is -2.27. The van der Waals surface area contributed by atoms with Crippen molar-refractivity contribution in [3.63, 3.8) is 0 Å². The highest BCUT2D eigenvalue weighted by Gasteiger charge is 2.35. The predicted molar refractivity (Wildman–Crippen MR) is 108 cm³/mol. The molecule has 7 heteroatoms. The molecule has 1 saturated heterocycles. The molecule has 4 amide bonds. The summed E-state index contributed by atoms with van der Waals surface area (Å²) in [5, 5.41) is 6.54. The van der Waals surface area contributed by atoms with E-state index in [0.717, 1.165) is 29.8 Å². The Morgan fingerprint density at radius 3 is 2.69 bits per heavy atom. The van der Waals surface area contributed by atoms with Gasteiger partial charge in [0.2, 0.25) is 0 Å². The molecule has 1 aliphatic carbocycles. The third-order valence-electron chi connectivity index (χ3n) is 5.16. The molecule has 0 unspecified atom stereocenters. The number of hydrogen-bond donors (Lipinski definition) is 1. The Bertz CT molecular complexity index is 1000. The van der Waals surface area contributed by atoms with Crippen molar-refractivity contribution in [2.75, 3.05) is 6.54 Å². The van der Waals surface area contributed by atoms with Crippen molar-refractivity contribution >= 4 is 23.9 Å². The highest BCUT2D eigenvalue weighted by molar-refractivity contribution is 6.31. The van der Waals surface area contributed by atoms with Crippen molar-refractivity contribution in [2.45, 2.75) is 32.1 Å². The van der Waals surface area contributed by atoms with E-state index in [9.17, 15) is 14.4 Å². The molecule has 148 valence electrons. The first kappa shape index (κ1) is 18.9. The first-order chi connectivity index (χ1) is 14.1. The monoisotopic (exact) mass is 390 g/mol.